The molecule has 0 heterocycles. The van der Waals surface area contributed by atoms with Crippen molar-refractivity contribution in [1.29, 1.82) is 0 Å². The van der Waals surface area contributed by atoms with Crippen molar-refractivity contribution >= 4 is 11.3 Å². The lowest BCUT2D eigenvalue weighted by Crippen LogP contribution is -2.38. The minimum atomic E-state index is -0.0206. The van der Waals surface area contributed by atoms with Crippen molar-refractivity contribution in [3.63, 3.8) is 0 Å². The van der Waals surface area contributed by atoms with Crippen molar-refractivity contribution in [2.75, 3.05) is 12.3 Å². The van der Waals surface area contributed by atoms with E-state index in [9.17, 15) is 0 Å². The van der Waals surface area contributed by atoms with Gasteiger partial charge in [-0.05, 0) is 111 Å². The van der Waals surface area contributed by atoms with Crippen LogP contribution in [0.15, 0.2) is 84.7 Å². The van der Waals surface area contributed by atoms with Crippen molar-refractivity contribution in [2.24, 2.45) is 5.41 Å². The first-order valence-electron chi connectivity index (χ1n) is 14.4. The summed E-state index contributed by atoms with van der Waals surface area (Å²) in [5.74, 6) is 0. The zero-order valence-electron chi connectivity index (χ0n) is 25.4. The predicted molar refractivity (Wildman–Crippen MR) is 172 cm³/mol. The number of anilines is 1. The molecule has 0 spiro atoms. The van der Waals surface area contributed by atoms with Crippen LogP contribution in [0.1, 0.15) is 89.0 Å². The molecule has 3 nitrogen and oxygen atoms in total. The van der Waals surface area contributed by atoms with E-state index in [1.807, 2.05) is 6.07 Å². The van der Waals surface area contributed by atoms with Crippen LogP contribution in [0, 0.1) is 12.3 Å². The summed E-state index contributed by atoms with van der Waals surface area (Å²) in [6.07, 6.45) is 7.06. The molecule has 0 bridgehead atoms. The molecule has 210 valence electrons. The highest BCUT2D eigenvalue weighted by Crippen LogP contribution is 2.37. The van der Waals surface area contributed by atoms with Crippen molar-refractivity contribution in [1.82, 2.24) is 10.6 Å². The maximum atomic E-state index is 6.01. The van der Waals surface area contributed by atoms with Gasteiger partial charge in [-0.1, -0.05) is 75.9 Å². The standard InChI is InChI=1S/C36H51N3/c1-25-11-13-30(14-12-25)17-20-38-28(4)24-35(6,7)18-10-19-36(8,9)39-27(3)22-34-26(2)21-31-23-32(37)15-16-33(31)29(34)5/h11-16,23,38-39H,2-4,10,17-22,24,37H2,1,5-9H3. The minimum absolute atomic E-state index is 0.0206. The van der Waals surface area contributed by atoms with Crippen LogP contribution >= 0.6 is 0 Å². The van der Waals surface area contributed by atoms with E-state index in [4.69, 9.17) is 5.73 Å². The summed E-state index contributed by atoms with van der Waals surface area (Å²) in [6, 6.07) is 15.0. The van der Waals surface area contributed by atoms with E-state index < -0.39 is 0 Å². The van der Waals surface area contributed by atoms with Crippen molar-refractivity contribution in [2.45, 2.75) is 92.0 Å². The topological polar surface area (TPSA) is 50.1 Å². The molecule has 4 N–H and O–H groups in total. The summed E-state index contributed by atoms with van der Waals surface area (Å²) < 4.78 is 0. The van der Waals surface area contributed by atoms with E-state index in [-0.39, 0.29) is 11.0 Å². The Morgan fingerprint density at radius 2 is 1.64 bits per heavy atom. The average molecular weight is 526 g/mol. The third kappa shape index (κ3) is 9.20. The zero-order chi connectivity index (χ0) is 28.8. The van der Waals surface area contributed by atoms with E-state index >= 15 is 0 Å². The second kappa shape index (κ2) is 12.8. The maximum absolute atomic E-state index is 6.01. The molecule has 2 aromatic carbocycles. The average Bonchev–Trinajstić information content (AvgIpc) is 2.82. The molecule has 3 heteroatoms. The summed E-state index contributed by atoms with van der Waals surface area (Å²) >= 11 is 0. The molecule has 0 saturated heterocycles. The number of nitrogen functional groups attached to an aromatic ring is 1. The van der Waals surface area contributed by atoms with Crippen LogP contribution in [0.2, 0.25) is 0 Å². The number of fused-ring (bicyclic) bond motifs is 1. The molecule has 3 rings (SSSR count). The van der Waals surface area contributed by atoms with Gasteiger partial charge in [0, 0.05) is 35.6 Å². The molecule has 2 aromatic rings. The predicted octanol–water partition coefficient (Wildman–Crippen LogP) is 8.67. The third-order valence-electron chi connectivity index (χ3n) is 7.98. The third-order valence-corrected chi connectivity index (χ3v) is 7.98. The molecule has 0 amide bonds. The van der Waals surface area contributed by atoms with Gasteiger partial charge in [-0.15, -0.1) is 0 Å². The number of nitrogens with one attached hydrogen (secondary N) is 2. The molecule has 39 heavy (non-hydrogen) atoms. The van der Waals surface area contributed by atoms with Gasteiger partial charge in [0.2, 0.25) is 0 Å². The number of aryl methyl sites for hydroxylation is 1. The Morgan fingerprint density at radius 1 is 0.949 bits per heavy atom. The van der Waals surface area contributed by atoms with Gasteiger partial charge in [0.15, 0.2) is 0 Å². The fourth-order valence-electron chi connectivity index (χ4n) is 5.82. The van der Waals surface area contributed by atoms with E-state index in [2.05, 4.69) is 108 Å². The number of allylic oxidation sites excluding steroid dienone is 4. The lowest BCUT2D eigenvalue weighted by atomic mass is 9.80. The highest BCUT2D eigenvalue weighted by molar-refractivity contribution is 5.78. The second-order valence-electron chi connectivity index (χ2n) is 13.1. The number of nitrogens with two attached hydrogens (primary N) is 1. The lowest BCUT2D eigenvalue weighted by molar-refractivity contribution is 0.285. The van der Waals surface area contributed by atoms with Gasteiger partial charge >= 0.3 is 0 Å². The Kier molecular flexibility index (Phi) is 9.93. The molecule has 0 saturated carbocycles. The smallest absolute Gasteiger partial charge is 0.0317 e. The Bertz CT molecular complexity index is 1220. The second-order valence-corrected chi connectivity index (χ2v) is 13.1. The van der Waals surface area contributed by atoms with Crippen LogP contribution in [0.25, 0.3) is 5.57 Å². The molecule has 0 atom stereocenters. The molecule has 1 aliphatic carbocycles. The van der Waals surface area contributed by atoms with Crippen molar-refractivity contribution in [3.05, 3.63) is 107 Å². The number of rotatable bonds is 14. The largest absolute Gasteiger partial charge is 0.399 e. The van der Waals surface area contributed by atoms with Crippen LogP contribution in [0.4, 0.5) is 5.69 Å². The van der Waals surface area contributed by atoms with E-state index in [1.54, 1.807) is 0 Å². The lowest BCUT2D eigenvalue weighted by Gasteiger charge is -2.32. The highest BCUT2D eigenvalue weighted by Gasteiger charge is 2.24. The van der Waals surface area contributed by atoms with Gasteiger partial charge in [0.25, 0.3) is 0 Å². The summed E-state index contributed by atoms with van der Waals surface area (Å²) in [7, 11) is 0. The van der Waals surface area contributed by atoms with E-state index in [1.165, 1.54) is 39.0 Å². The summed E-state index contributed by atoms with van der Waals surface area (Å²) in [5.41, 5.74) is 18.2. The Balaban J connectivity index is 1.43. The van der Waals surface area contributed by atoms with Crippen LogP contribution < -0.4 is 16.4 Å². The fourth-order valence-corrected chi connectivity index (χ4v) is 5.82. The van der Waals surface area contributed by atoms with Crippen molar-refractivity contribution in [3.8, 4) is 0 Å². The van der Waals surface area contributed by atoms with Gasteiger partial charge in [0.05, 0.1) is 0 Å². The Morgan fingerprint density at radius 3 is 2.33 bits per heavy atom. The first-order chi connectivity index (χ1) is 18.2. The van der Waals surface area contributed by atoms with Gasteiger partial charge in [0.1, 0.15) is 0 Å². The molecule has 0 aliphatic heterocycles. The SMILES string of the molecule is C=C(CC(C)(C)CCCC(C)(C)NC(=C)CC1=C(C)c2ccc(N)cc2CC1=C)NCCc1ccc(C)cc1. The Labute approximate surface area is 238 Å². The Hall–Kier alpha value is -3.20. The van der Waals surface area contributed by atoms with E-state index in [0.717, 1.165) is 68.6 Å². The van der Waals surface area contributed by atoms with Crippen LogP contribution in [0.5, 0.6) is 0 Å². The summed E-state index contributed by atoms with van der Waals surface area (Å²) in [6.45, 7) is 27.6. The first-order valence-corrected chi connectivity index (χ1v) is 14.4. The summed E-state index contributed by atoms with van der Waals surface area (Å²) in [5, 5.41) is 7.29. The molecule has 0 aromatic heterocycles. The zero-order valence-corrected chi connectivity index (χ0v) is 25.4. The number of hydrogen-bond donors (Lipinski definition) is 3. The first kappa shape index (κ1) is 30.3. The fraction of sp³-hybridized carbons (Fsp3) is 0.444. The van der Waals surface area contributed by atoms with Crippen LogP contribution in [0.3, 0.4) is 0 Å². The number of benzene rings is 2. The minimum Gasteiger partial charge on any atom is -0.399 e. The van der Waals surface area contributed by atoms with Gasteiger partial charge in [-0.3, -0.25) is 0 Å². The van der Waals surface area contributed by atoms with Crippen LogP contribution in [-0.2, 0) is 12.8 Å². The monoisotopic (exact) mass is 525 g/mol. The molecular formula is C36H51N3. The van der Waals surface area contributed by atoms with Gasteiger partial charge < -0.3 is 16.4 Å². The number of hydrogen-bond acceptors (Lipinski definition) is 3. The molecule has 0 fully saturated rings. The maximum Gasteiger partial charge on any atom is 0.0317 e. The quantitative estimate of drug-likeness (QED) is 0.216. The van der Waals surface area contributed by atoms with Crippen LogP contribution in [-0.4, -0.2) is 12.1 Å². The van der Waals surface area contributed by atoms with Gasteiger partial charge in [-0.25, -0.2) is 0 Å². The molecule has 0 unspecified atom stereocenters. The molecular weight excluding hydrogens is 474 g/mol. The van der Waals surface area contributed by atoms with E-state index in [0.29, 0.717) is 0 Å². The molecule has 1 aliphatic rings. The highest BCUT2D eigenvalue weighted by atomic mass is 15.0. The summed E-state index contributed by atoms with van der Waals surface area (Å²) in [4.78, 5) is 0. The van der Waals surface area contributed by atoms with Crippen molar-refractivity contribution < 1.29 is 0 Å². The van der Waals surface area contributed by atoms with Gasteiger partial charge in [-0.2, -0.15) is 0 Å². The normalized spacial score (nSPS) is 13.7. The molecule has 0 radical (unpaired) electrons.